The first-order valence-electron chi connectivity index (χ1n) is 16.7. The molecule has 0 atom stereocenters. The van der Waals surface area contributed by atoms with Gasteiger partial charge in [0.1, 0.15) is 0 Å². The molecule has 0 fully saturated rings. The normalized spacial score (nSPS) is 12.9. The average molecular weight is 626 g/mol. The number of hydrogen-bond donors (Lipinski definition) is 1. The lowest BCUT2D eigenvalue weighted by Crippen LogP contribution is -2.45. The predicted octanol–water partition coefficient (Wildman–Crippen LogP) is 8.57. The molecule has 240 valence electrons. The summed E-state index contributed by atoms with van der Waals surface area (Å²) in [6.07, 6.45) is 19.6. The molecule has 1 aromatic rings. The Morgan fingerprint density at radius 1 is 0.512 bits per heavy atom. The van der Waals surface area contributed by atoms with Crippen molar-refractivity contribution in [3.8, 4) is 0 Å². The molecule has 0 aliphatic heterocycles. The Balaban J connectivity index is 2.25. The molecule has 1 rings (SSSR count). The standard InChI is InChI=1S/C33H67NO4Si3/c1-34(35)28-20-16-12-10-9-11-13-17-21-29-39(5,6)32-24-26-33(27-25-32)40(7,8)30-22-18-14-15-19-23-31-41(36-2,37-3)38-4/h24-27,35H,9-23,28-31H2,1-8H3. The summed E-state index contributed by atoms with van der Waals surface area (Å²) in [7, 11) is 1.72. The number of hydrogen-bond acceptors (Lipinski definition) is 5. The fourth-order valence-electron chi connectivity index (χ4n) is 5.98. The maximum Gasteiger partial charge on any atom is 0.500 e. The molecule has 8 heteroatoms. The third-order valence-corrected chi connectivity index (χ3v) is 19.0. The molecule has 5 nitrogen and oxygen atoms in total. The fraction of sp³-hybridized carbons (Fsp3) is 0.818. The Labute approximate surface area is 258 Å². The number of nitrogens with zero attached hydrogens (tertiary/aromatic N) is 1. The molecule has 0 heterocycles. The Hall–Kier alpha value is -0.329. The van der Waals surface area contributed by atoms with E-state index in [1.165, 1.54) is 101 Å². The van der Waals surface area contributed by atoms with Gasteiger partial charge in [-0.05, 0) is 12.8 Å². The average Bonchev–Trinajstić information content (AvgIpc) is 2.95. The van der Waals surface area contributed by atoms with Gasteiger partial charge in [-0.3, -0.25) is 0 Å². The molecule has 0 amide bonds. The van der Waals surface area contributed by atoms with Crippen molar-refractivity contribution in [3.05, 3.63) is 24.3 Å². The van der Waals surface area contributed by atoms with E-state index in [2.05, 4.69) is 50.5 Å². The minimum Gasteiger partial charge on any atom is -0.377 e. The van der Waals surface area contributed by atoms with Gasteiger partial charge in [-0.25, -0.2) is 0 Å². The lowest BCUT2D eigenvalue weighted by molar-refractivity contribution is -0.0655. The number of rotatable bonds is 26. The van der Waals surface area contributed by atoms with Gasteiger partial charge in [0, 0.05) is 41.0 Å². The van der Waals surface area contributed by atoms with Crippen LogP contribution in [0, 0.1) is 0 Å². The molecule has 0 radical (unpaired) electrons. The fourth-order valence-corrected chi connectivity index (χ4v) is 12.8. The van der Waals surface area contributed by atoms with Gasteiger partial charge < -0.3 is 18.5 Å². The van der Waals surface area contributed by atoms with Gasteiger partial charge in [-0.2, -0.15) is 5.06 Å². The monoisotopic (exact) mass is 625 g/mol. The van der Waals surface area contributed by atoms with Crippen molar-refractivity contribution >= 4 is 35.3 Å². The zero-order valence-electron chi connectivity index (χ0n) is 28.4. The Bertz CT molecular complexity index is 762. The summed E-state index contributed by atoms with van der Waals surface area (Å²) in [6.45, 7) is 11.0. The van der Waals surface area contributed by atoms with Crippen molar-refractivity contribution in [2.75, 3.05) is 34.9 Å². The van der Waals surface area contributed by atoms with Crippen molar-refractivity contribution in [2.24, 2.45) is 0 Å². The van der Waals surface area contributed by atoms with E-state index in [0.717, 1.165) is 25.4 Å². The first-order chi connectivity index (χ1) is 19.5. The molecule has 0 aromatic heterocycles. The molecular formula is C33H67NO4Si3. The molecule has 0 saturated heterocycles. The molecule has 0 saturated carbocycles. The minimum absolute atomic E-state index is 0.799. The molecule has 0 aliphatic carbocycles. The number of unbranched alkanes of at least 4 members (excludes halogenated alkanes) is 13. The van der Waals surface area contributed by atoms with Crippen LogP contribution in [-0.4, -0.2) is 70.1 Å². The highest BCUT2D eigenvalue weighted by Gasteiger charge is 2.36. The van der Waals surface area contributed by atoms with Crippen LogP contribution >= 0.6 is 0 Å². The van der Waals surface area contributed by atoms with E-state index < -0.39 is 25.0 Å². The lowest BCUT2D eigenvalue weighted by atomic mass is 10.1. The summed E-state index contributed by atoms with van der Waals surface area (Å²) in [6, 6.07) is 13.7. The second-order valence-electron chi connectivity index (χ2n) is 13.6. The van der Waals surface area contributed by atoms with Crippen LogP contribution in [0.4, 0.5) is 0 Å². The molecule has 1 N–H and O–H groups in total. The maximum absolute atomic E-state index is 9.17. The van der Waals surface area contributed by atoms with Crippen LogP contribution in [0.3, 0.4) is 0 Å². The Morgan fingerprint density at radius 2 is 0.805 bits per heavy atom. The third kappa shape index (κ3) is 16.4. The topological polar surface area (TPSA) is 51.2 Å². The summed E-state index contributed by atoms with van der Waals surface area (Å²) >= 11 is 0. The third-order valence-electron chi connectivity index (χ3n) is 9.20. The molecule has 0 unspecified atom stereocenters. The molecule has 41 heavy (non-hydrogen) atoms. The van der Waals surface area contributed by atoms with Crippen molar-refractivity contribution in [3.63, 3.8) is 0 Å². The van der Waals surface area contributed by atoms with E-state index >= 15 is 0 Å². The smallest absolute Gasteiger partial charge is 0.377 e. The molecule has 0 aliphatic rings. The largest absolute Gasteiger partial charge is 0.500 e. The van der Waals surface area contributed by atoms with Crippen LogP contribution < -0.4 is 10.4 Å². The Kier molecular flexibility index (Phi) is 20.2. The number of benzene rings is 1. The SMILES string of the molecule is CO[Si](CCCCCCCC[Si](C)(C)c1ccc([Si](C)(C)CCCCCCCCCCCN(C)O)cc1)(OC)OC. The van der Waals surface area contributed by atoms with Crippen LogP contribution in [-0.2, 0) is 13.3 Å². The van der Waals surface area contributed by atoms with Crippen molar-refractivity contribution in [1.82, 2.24) is 5.06 Å². The second kappa shape index (κ2) is 21.4. The van der Waals surface area contributed by atoms with Crippen LogP contribution in [0.15, 0.2) is 24.3 Å². The summed E-state index contributed by atoms with van der Waals surface area (Å²) in [4.78, 5) is 0. The van der Waals surface area contributed by atoms with Gasteiger partial charge in [0.05, 0.1) is 16.1 Å². The van der Waals surface area contributed by atoms with Gasteiger partial charge in [-0.1, -0.05) is 156 Å². The van der Waals surface area contributed by atoms with Crippen LogP contribution in [0.5, 0.6) is 0 Å². The van der Waals surface area contributed by atoms with Gasteiger partial charge in [-0.15, -0.1) is 0 Å². The molecular weight excluding hydrogens is 559 g/mol. The van der Waals surface area contributed by atoms with E-state index in [-0.39, 0.29) is 0 Å². The highest BCUT2D eigenvalue weighted by Crippen LogP contribution is 2.21. The van der Waals surface area contributed by atoms with Crippen LogP contribution in [0.25, 0.3) is 0 Å². The molecule has 0 bridgehead atoms. The molecule has 1 aromatic carbocycles. The molecule has 0 spiro atoms. The van der Waals surface area contributed by atoms with Crippen molar-refractivity contribution < 1.29 is 18.5 Å². The lowest BCUT2D eigenvalue weighted by Gasteiger charge is -2.26. The van der Waals surface area contributed by atoms with E-state index in [1.54, 1.807) is 38.8 Å². The van der Waals surface area contributed by atoms with E-state index in [9.17, 15) is 5.21 Å². The first-order valence-corrected chi connectivity index (χ1v) is 25.0. The van der Waals surface area contributed by atoms with E-state index in [4.69, 9.17) is 13.3 Å². The second-order valence-corrected chi connectivity index (χ2v) is 26.4. The predicted molar refractivity (Wildman–Crippen MR) is 186 cm³/mol. The summed E-state index contributed by atoms with van der Waals surface area (Å²) in [5.74, 6) is 0. The van der Waals surface area contributed by atoms with Crippen molar-refractivity contribution in [2.45, 2.75) is 141 Å². The zero-order chi connectivity index (χ0) is 30.6. The first kappa shape index (κ1) is 38.7. The highest BCUT2D eigenvalue weighted by atomic mass is 28.4. The number of hydroxylamine groups is 2. The van der Waals surface area contributed by atoms with Gasteiger partial charge in [0.2, 0.25) is 0 Å². The summed E-state index contributed by atoms with van der Waals surface area (Å²) in [5, 5.41) is 13.7. The minimum atomic E-state index is -2.39. The van der Waals surface area contributed by atoms with E-state index in [0.29, 0.717) is 0 Å². The van der Waals surface area contributed by atoms with Gasteiger partial charge in [0.15, 0.2) is 0 Å². The highest BCUT2D eigenvalue weighted by molar-refractivity contribution is 6.91. The summed E-state index contributed by atoms with van der Waals surface area (Å²) in [5.41, 5.74) is 0. The van der Waals surface area contributed by atoms with E-state index in [1.807, 2.05) is 0 Å². The zero-order valence-corrected chi connectivity index (χ0v) is 31.4. The van der Waals surface area contributed by atoms with Crippen LogP contribution in [0.2, 0.25) is 44.3 Å². The quantitative estimate of drug-likeness (QED) is 0.0635. The maximum atomic E-state index is 9.17. The van der Waals surface area contributed by atoms with Crippen molar-refractivity contribution in [1.29, 1.82) is 0 Å². The van der Waals surface area contributed by atoms with Gasteiger partial charge in [0.25, 0.3) is 0 Å². The Morgan fingerprint density at radius 3 is 1.12 bits per heavy atom. The van der Waals surface area contributed by atoms with Gasteiger partial charge >= 0.3 is 8.80 Å². The van der Waals surface area contributed by atoms with Crippen LogP contribution in [0.1, 0.15) is 96.3 Å². The summed E-state index contributed by atoms with van der Waals surface area (Å²) < 4.78 is 16.6.